The predicted octanol–water partition coefficient (Wildman–Crippen LogP) is 2.93. The quantitative estimate of drug-likeness (QED) is 0.487. The van der Waals surface area contributed by atoms with E-state index in [4.69, 9.17) is 4.74 Å². The Hall–Kier alpha value is -0.790. The predicted molar refractivity (Wildman–Crippen MR) is 54.4 cm³/mol. The zero-order valence-corrected chi connectivity index (χ0v) is 9.47. The van der Waals surface area contributed by atoms with E-state index in [1.54, 1.807) is 13.0 Å². The van der Waals surface area contributed by atoms with E-state index in [1.165, 1.54) is 0 Å². The number of hydrogen-bond acceptors (Lipinski definition) is 2. The summed E-state index contributed by atoms with van der Waals surface area (Å²) in [6.07, 6.45) is 1.70. The van der Waals surface area contributed by atoms with Gasteiger partial charge in [0.2, 0.25) is 0 Å². The first kappa shape index (κ1) is 12.2. The Morgan fingerprint density at radius 1 is 1.38 bits per heavy atom. The van der Waals surface area contributed by atoms with E-state index in [0.29, 0.717) is 5.57 Å². The number of rotatable bonds is 2. The molecule has 13 heavy (non-hydrogen) atoms. The van der Waals surface area contributed by atoms with Gasteiger partial charge >= 0.3 is 5.97 Å². The van der Waals surface area contributed by atoms with Gasteiger partial charge in [0.15, 0.2) is 0 Å². The summed E-state index contributed by atoms with van der Waals surface area (Å²) in [6, 6.07) is 0. The molecule has 0 aromatic heterocycles. The van der Waals surface area contributed by atoms with E-state index in [9.17, 15) is 4.79 Å². The maximum atomic E-state index is 11.3. The van der Waals surface area contributed by atoms with Crippen molar-refractivity contribution in [3.63, 3.8) is 0 Å². The number of ether oxygens (including phenoxy) is 1. The highest BCUT2D eigenvalue weighted by Crippen LogP contribution is 2.22. The van der Waals surface area contributed by atoms with Crippen LogP contribution in [0.2, 0.25) is 0 Å². The molecule has 0 aromatic rings. The summed E-state index contributed by atoms with van der Waals surface area (Å²) < 4.78 is 5.26. The van der Waals surface area contributed by atoms with Crippen molar-refractivity contribution in [1.29, 1.82) is 0 Å². The number of allylic oxidation sites excluding steroid dienone is 1. The number of esters is 1. The van der Waals surface area contributed by atoms with Crippen LogP contribution in [0, 0.1) is 5.41 Å². The molecule has 0 spiro atoms. The van der Waals surface area contributed by atoms with Crippen LogP contribution in [0.25, 0.3) is 0 Å². The summed E-state index contributed by atoms with van der Waals surface area (Å²) in [4.78, 5) is 11.3. The van der Waals surface area contributed by atoms with Crippen LogP contribution in [0.15, 0.2) is 11.6 Å². The molecule has 1 unspecified atom stereocenters. The maximum Gasteiger partial charge on any atom is 0.333 e. The third-order valence-electron chi connectivity index (χ3n) is 2.26. The van der Waals surface area contributed by atoms with Gasteiger partial charge in [-0.05, 0) is 26.2 Å². The lowest BCUT2D eigenvalue weighted by Gasteiger charge is -2.26. The van der Waals surface area contributed by atoms with Crippen LogP contribution in [0.3, 0.4) is 0 Å². The molecule has 0 saturated heterocycles. The summed E-state index contributed by atoms with van der Waals surface area (Å²) in [7, 11) is 0. The van der Waals surface area contributed by atoms with Crippen molar-refractivity contribution >= 4 is 5.97 Å². The van der Waals surface area contributed by atoms with Gasteiger partial charge in [0.1, 0.15) is 6.10 Å². The van der Waals surface area contributed by atoms with Crippen LogP contribution in [0.5, 0.6) is 0 Å². The van der Waals surface area contributed by atoms with E-state index >= 15 is 0 Å². The standard InChI is InChI=1S/C11H20O2/c1-7-8(2)10(12)13-9(3)11(4,5)6/h7,9H,1-6H3/b8-7+. The van der Waals surface area contributed by atoms with E-state index in [1.807, 2.05) is 13.8 Å². The molecule has 2 nitrogen and oxygen atoms in total. The van der Waals surface area contributed by atoms with Gasteiger partial charge in [0, 0.05) is 5.57 Å². The second kappa shape index (κ2) is 4.45. The molecule has 0 N–H and O–H groups in total. The second-order valence-electron chi connectivity index (χ2n) is 4.39. The van der Waals surface area contributed by atoms with Crippen molar-refractivity contribution in [2.24, 2.45) is 5.41 Å². The molecule has 0 heterocycles. The van der Waals surface area contributed by atoms with Gasteiger partial charge in [-0.2, -0.15) is 0 Å². The first-order valence-electron chi connectivity index (χ1n) is 4.63. The lowest BCUT2D eigenvalue weighted by atomic mass is 9.90. The number of carbonyl (C=O) groups excluding carboxylic acids is 1. The van der Waals surface area contributed by atoms with Gasteiger partial charge < -0.3 is 4.74 Å². The molecule has 0 fully saturated rings. The van der Waals surface area contributed by atoms with Crippen molar-refractivity contribution in [3.8, 4) is 0 Å². The van der Waals surface area contributed by atoms with Crippen molar-refractivity contribution in [3.05, 3.63) is 11.6 Å². The largest absolute Gasteiger partial charge is 0.459 e. The average molecular weight is 184 g/mol. The molecule has 0 aliphatic carbocycles. The normalized spacial score (nSPS) is 15.4. The van der Waals surface area contributed by atoms with Crippen molar-refractivity contribution < 1.29 is 9.53 Å². The second-order valence-corrected chi connectivity index (χ2v) is 4.39. The van der Waals surface area contributed by atoms with Gasteiger partial charge in [-0.3, -0.25) is 0 Å². The van der Waals surface area contributed by atoms with Crippen LogP contribution in [-0.2, 0) is 9.53 Å². The molecule has 0 amide bonds. The Kier molecular flexibility index (Phi) is 4.18. The van der Waals surface area contributed by atoms with Gasteiger partial charge in [-0.25, -0.2) is 4.79 Å². The highest BCUT2D eigenvalue weighted by Gasteiger charge is 2.23. The van der Waals surface area contributed by atoms with Crippen molar-refractivity contribution in [2.45, 2.75) is 47.6 Å². The Bertz CT molecular complexity index is 209. The van der Waals surface area contributed by atoms with Gasteiger partial charge in [0.25, 0.3) is 0 Å². The first-order valence-corrected chi connectivity index (χ1v) is 4.63. The third kappa shape index (κ3) is 4.11. The zero-order valence-electron chi connectivity index (χ0n) is 9.47. The Labute approximate surface area is 81.0 Å². The lowest BCUT2D eigenvalue weighted by Crippen LogP contribution is -2.28. The molecule has 1 atom stereocenters. The maximum absolute atomic E-state index is 11.3. The van der Waals surface area contributed by atoms with Crippen LogP contribution in [0.4, 0.5) is 0 Å². The molecule has 0 bridgehead atoms. The highest BCUT2D eigenvalue weighted by atomic mass is 16.5. The number of hydrogen-bond donors (Lipinski definition) is 0. The number of carbonyl (C=O) groups is 1. The molecule has 0 aromatic carbocycles. The van der Waals surface area contributed by atoms with Crippen molar-refractivity contribution in [1.82, 2.24) is 0 Å². The molecular weight excluding hydrogens is 164 g/mol. The van der Waals surface area contributed by atoms with Crippen LogP contribution >= 0.6 is 0 Å². The smallest absolute Gasteiger partial charge is 0.333 e. The fourth-order valence-corrected chi connectivity index (χ4v) is 0.548. The minimum absolute atomic E-state index is 0.00365. The summed E-state index contributed by atoms with van der Waals surface area (Å²) in [5.74, 6) is -0.218. The molecule has 0 aliphatic heterocycles. The van der Waals surface area contributed by atoms with E-state index < -0.39 is 0 Å². The SMILES string of the molecule is C/C=C(\C)C(=O)OC(C)C(C)(C)C. The fourth-order valence-electron chi connectivity index (χ4n) is 0.548. The molecule has 0 radical (unpaired) electrons. The lowest BCUT2D eigenvalue weighted by molar-refractivity contribution is -0.148. The third-order valence-corrected chi connectivity index (χ3v) is 2.26. The fraction of sp³-hybridized carbons (Fsp3) is 0.727. The zero-order chi connectivity index (χ0) is 10.6. The molecule has 0 saturated carbocycles. The summed E-state index contributed by atoms with van der Waals surface area (Å²) in [5.41, 5.74) is 0.667. The van der Waals surface area contributed by atoms with Gasteiger partial charge in [0.05, 0.1) is 0 Å². The minimum atomic E-state index is -0.218. The summed E-state index contributed by atoms with van der Waals surface area (Å²) >= 11 is 0. The van der Waals surface area contributed by atoms with Crippen LogP contribution < -0.4 is 0 Å². The average Bonchev–Trinajstić information content (AvgIpc) is 2.01. The molecule has 0 rings (SSSR count). The monoisotopic (exact) mass is 184 g/mol. The summed E-state index contributed by atoms with van der Waals surface area (Å²) in [5, 5.41) is 0. The Morgan fingerprint density at radius 3 is 2.15 bits per heavy atom. The van der Waals surface area contributed by atoms with E-state index in [-0.39, 0.29) is 17.5 Å². The highest BCUT2D eigenvalue weighted by molar-refractivity contribution is 5.87. The Balaban J connectivity index is 4.23. The van der Waals surface area contributed by atoms with Crippen LogP contribution in [0.1, 0.15) is 41.5 Å². The summed E-state index contributed by atoms with van der Waals surface area (Å²) in [6.45, 7) is 11.7. The Morgan fingerprint density at radius 2 is 1.85 bits per heavy atom. The molecule has 0 aliphatic rings. The van der Waals surface area contributed by atoms with E-state index in [0.717, 1.165) is 0 Å². The molecule has 2 heteroatoms. The van der Waals surface area contributed by atoms with Gasteiger partial charge in [-0.1, -0.05) is 26.8 Å². The van der Waals surface area contributed by atoms with Crippen LogP contribution in [-0.4, -0.2) is 12.1 Å². The van der Waals surface area contributed by atoms with Crippen molar-refractivity contribution in [2.75, 3.05) is 0 Å². The topological polar surface area (TPSA) is 26.3 Å². The molecular formula is C11H20O2. The molecule has 76 valence electrons. The minimum Gasteiger partial charge on any atom is -0.459 e. The van der Waals surface area contributed by atoms with E-state index in [2.05, 4.69) is 20.8 Å². The first-order chi connectivity index (χ1) is 5.79. The van der Waals surface area contributed by atoms with Gasteiger partial charge in [-0.15, -0.1) is 0 Å².